The van der Waals surface area contributed by atoms with Crippen molar-refractivity contribution in [2.75, 3.05) is 7.11 Å². The summed E-state index contributed by atoms with van der Waals surface area (Å²) in [4.78, 5) is 0. The van der Waals surface area contributed by atoms with Crippen LogP contribution in [-0.2, 0) is 12.1 Å². The summed E-state index contributed by atoms with van der Waals surface area (Å²) in [5.41, 5.74) is -0.233. The summed E-state index contributed by atoms with van der Waals surface area (Å²) < 4.78 is 44.0. The number of rotatable bonds is 3. The van der Waals surface area contributed by atoms with E-state index >= 15 is 0 Å². The first-order valence-electron chi connectivity index (χ1n) is 5.60. The fourth-order valence-corrected chi connectivity index (χ4v) is 1.83. The second-order valence-corrected chi connectivity index (χ2v) is 4.22. The Morgan fingerprint density at radius 1 is 1.15 bits per heavy atom. The van der Waals surface area contributed by atoms with Crippen LogP contribution < -0.4 is 4.74 Å². The molecule has 1 aromatic carbocycles. The number of aromatic nitrogens is 2. The molecular weight excluding hydrogens is 293 g/mol. The zero-order valence-corrected chi connectivity index (χ0v) is 11.2. The minimum Gasteiger partial charge on any atom is -0.497 e. The average molecular weight is 303 g/mol. The van der Waals surface area contributed by atoms with Gasteiger partial charge in [0.1, 0.15) is 5.75 Å². The number of benzene rings is 1. The van der Waals surface area contributed by atoms with E-state index in [2.05, 4.69) is 10.2 Å². The van der Waals surface area contributed by atoms with E-state index in [0.29, 0.717) is 5.69 Å². The molecule has 20 heavy (non-hydrogen) atoms. The Labute approximate surface area is 118 Å². The molecule has 1 heterocycles. The number of halogens is 4. The summed E-state index contributed by atoms with van der Waals surface area (Å²) in [6.45, 7) is 0. The van der Waals surface area contributed by atoms with Crippen molar-refractivity contribution in [2.24, 2.45) is 0 Å². The zero-order valence-electron chi connectivity index (χ0n) is 10.4. The van der Waals surface area contributed by atoms with Crippen LogP contribution in [0, 0.1) is 0 Å². The van der Waals surface area contributed by atoms with Crippen molar-refractivity contribution in [3.8, 4) is 17.0 Å². The van der Waals surface area contributed by atoms with Crippen LogP contribution in [0.1, 0.15) is 11.3 Å². The first-order valence-corrected chi connectivity index (χ1v) is 6.13. The van der Waals surface area contributed by atoms with E-state index in [1.54, 1.807) is 6.07 Å². The molecule has 0 N–H and O–H groups in total. The topological polar surface area (TPSA) is 35.0 Å². The van der Waals surface area contributed by atoms with Crippen LogP contribution >= 0.6 is 11.6 Å². The molecule has 0 fully saturated rings. The third kappa shape index (κ3) is 3.01. The monoisotopic (exact) mass is 302 g/mol. The van der Waals surface area contributed by atoms with Crippen molar-refractivity contribution >= 4 is 11.6 Å². The molecule has 7 heteroatoms. The number of ether oxygens (including phenoxy) is 1. The minimum absolute atomic E-state index is 0.0491. The molecule has 0 unspecified atom stereocenters. The quantitative estimate of drug-likeness (QED) is 0.806. The van der Waals surface area contributed by atoms with E-state index in [-0.39, 0.29) is 22.9 Å². The van der Waals surface area contributed by atoms with Gasteiger partial charge in [0.15, 0.2) is 0 Å². The predicted molar refractivity (Wildman–Crippen MR) is 68.6 cm³/mol. The van der Waals surface area contributed by atoms with Crippen LogP contribution in [0.4, 0.5) is 13.2 Å². The van der Waals surface area contributed by atoms with Gasteiger partial charge in [-0.2, -0.15) is 23.4 Å². The number of alkyl halides is 4. The number of hydrogen-bond donors (Lipinski definition) is 0. The Bertz CT molecular complexity index is 600. The van der Waals surface area contributed by atoms with Crippen molar-refractivity contribution in [3.05, 3.63) is 41.6 Å². The van der Waals surface area contributed by atoms with Gasteiger partial charge in [0.05, 0.1) is 29.9 Å². The van der Waals surface area contributed by atoms with Gasteiger partial charge in [0, 0.05) is 5.56 Å². The van der Waals surface area contributed by atoms with Gasteiger partial charge in [-0.05, 0) is 30.3 Å². The molecule has 2 rings (SSSR count). The molecule has 1 aromatic heterocycles. The van der Waals surface area contributed by atoms with Gasteiger partial charge in [-0.15, -0.1) is 11.6 Å². The third-order valence-electron chi connectivity index (χ3n) is 2.66. The van der Waals surface area contributed by atoms with Crippen LogP contribution in [0.25, 0.3) is 11.3 Å². The van der Waals surface area contributed by atoms with Gasteiger partial charge in [-0.3, -0.25) is 0 Å². The first kappa shape index (κ1) is 14.6. The van der Waals surface area contributed by atoms with Crippen LogP contribution in [0.3, 0.4) is 0 Å². The molecule has 0 radical (unpaired) electrons. The normalized spacial score (nSPS) is 11.4. The summed E-state index contributed by atoms with van der Waals surface area (Å²) in [5, 5.41) is 7.53. The summed E-state index contributed by atoms with van der Waals surface area (Å²) in [6, 6.07) is 6.70. The zero-order chi connectivity index (χ0) is 14.8. The van der Waals surface area contributed by atoms with Gasteiger partial charge < -0.3 is 4.74 Å². The molecule has 0 amide bonds. The minimum atomic E-state index is -4.50. The molecule has 0 saturated carbocycles. The molecule has 106 valence electrons. The van der Waals surface area contributed by atoms with Crippen LogP contribution in [0.15, 0.2) is 30.3 Å². The Morgan fingerprint density at radius 2 is 1.90 bits per heavy atom. The van der Waals surface area contributed by atoms with Crippen molar-refractivity contribution in [3.63, 3.8) is 0 Å². The second kappa shape index (κ2) is 5.66. The fourth-order valence-electron chi connectivity index (χ4n) is 1.68. The highest BCUT2D eigenvalue weighted by molar-refractivity contribution is 6.16. The summed E-state index contributed by atoms with van der Waals surface area (Å²) in [7, 11) is 1.31. The standard InChI is InChI=1S/C13H10ClF3N2O/c1-20-9-3-4-10(11(6-9)13(15,16)17)12-5-2-8(7-14)18-19-12/h2-6H,7H2,1H3. The van der Waals surface area contributed by atoms with Crippen LogP contribution in [0.5, 0.6) is 5.75 Å². The fraction of sp³-hybridized carbons (Fsp3) is 0.231. The second-order valence-electron chi connectivity index (χ2n) is 3.95. The molecule has 0 spiro atoms. The average Bonchev–Trinajstić information content (AvgIpc) is 2.46. The largest absolute Gasteiger partial charge is 0.497 e. The Kier molecular flexibility index (Phi) is 4.13. The smallest absolute Gasteiger partial charge is 0.417 e. The molecule has 0 bridgehead atoms. The molecule has 2 aromatic rings. The maximum absolute atomic E-state index is 13.1. The molecule has 0 atom stereocenters. The third-order valence-corrected chi connectivity index (χ3v) is 2.94. The summed E-state index contributed by atoms with van der Waals surface area (Å²) >= 11 is 5.57. The van der Waals surface area contributed by atoms with Gasteiger partial charge in [-0.1, -0.05) is 0 Å². The van der Waals surface area contributed by atoms with Gasteiger partial charge >= 0.3 is 6.18 Å². The Morgan fingerprint density at radius 3 is 2.40 bits per heavy atom. The van der Waals surface area contributed by atoms with Crippen LogP contribution in [0.2, 0.25) is 0 Å². The molecule has 3 nitrogen and oxygen atoms in total. The highest BCUT2D eigenvalue weighted by atomic mass is 35.5. The van der Waals surface area contributed by atoms with E-state index < -0.39 is 11.7 Å². The van der Waals surface area contributed by atoms with E-state index in [1.165, 1.54) is 25.3 Å². The van der Waals surface area contributed by atoms with Crippen molar-refractivity contribution in [2.45, 2.75) is 12.1 Å². The molecule has 0 aliphatic heterocycles. The van der Waals surface area contributed by atoms with Gasteiger partial charge in [0.25, 0.3) is 0 Å². The lowest BCUT2D eigenvalue weighted by atomic mass is 10.0. The van der Waals surface area contributed by atoms with Crippen molar-refractivity contribution < 1.29 is 17.9 Å². The maximum atomic E-state index is 13.1. The number of methoxy groups -OCH3 is 1. The number of nitrogens with zero attached hydrogens (tertiary/aromatic N) is 2. The SMILES string of the molecule is COc1ccc(-c2ccc(CCl)nn2)c(C(F)(F)F)c1. The maximum Gasteiger partial charge on any atom is 0.417 e. The van der Waals surface area contributed by atoms with E-state index in [4.69, 9.17) is 16.3 Å². The van der Waals surface area contributed by atoms with Crippen molar-refractivity contribution in [1.82, 2.24) is 10.2 Å². The first-order chi connectivity index (χ1) is 9.45. The number of hydrogen-bond acceptors (Lipinski definition) is 3. The lowest BCUT2D eigenvalue weighted by Crippen LogP contribution is -2.08. The Balaban J connectivity index is 2.54. The summed E-state index contributed by atoms with van der Waals surface area (Å²) in [5.74, 6) is 0.286. The molecule has 0 aliphatic rings. The molecule has 0 saturated heterocycles. The van der Waals surface area contributed by atoms with Crippen molar-refractivity contribution in [1.29, 1.82) is 0 Å². The van der Waals surface area contributed by atoms with E-state index in [1.807, 2.05) is 0 Å². The lowest BCUT2D eigenvalue weighted by Gasteiger charge is -2.13. The molecule has 0 aliphatic carbocycles. The van der Waals surface area contributed by atoms with Crippen LogP contribution in [-0.4, -0.2) is 17.3 Å². The highest BCUT2D eigenvalue weighted by Crippen LogP contribution is 2.38. The van der Waals surface area contributed by atoms with Gasteiger partial charge in [0.2, 0.25) is 0 Å². The predicted octanol–water partition coefficient (Wildman–Crippen LogP) is 3.91. The highest BCUT2D eigenvalue weighted by Gasteiger charge is 2.34. The summed E-state index contributed by atoms with van der Waals surface area (Å²) in [6.07, 6.45) is -4.50. The Hall–Kier alpha value is -1.82. The lowest BCUT2D eigenvalue weighted by molar-refractivity contribution is -0.137. The van der Waals surface area contributed by atoms with E-state index in [0.717, 1.165) is 6.07 Å². The molecular formula is C13H10ClF3N2O. The van der Waals surface area contributed by atoms with Gasteiger partial charge in [-0.25, -0.2) is 0 Å². The van der Waals surface area contributed by atoms with E-state index in [9.17, 15) is 13.2 Å².